The highest BCUT2D eigenvalue weighted by atomic mass is 16.2. The molecule has 1 saturated heterocycles. The molecule has 2 heterocycles. The highest BCUT2D eigenvalue weighted by Crippen LogP contribution is 2.30. The molecular weight excluding hydrogens is 288 g/mol. The number of hydrogen-bond donors (Lipinski definition) is 3. The molecule has 1 fully saturated rings. The van der Waals surface area contributed by atoms with Crippen LogP contribution < -0.4 is 15.8 Å². The smallest absolute Gasteiger partial charge is 0.271 e. The summed E-state index contributed by atoms with van der Waals surface area (Å²) in [5.41, 5.74) is 8.89. The van der Waals surface area contributed by atoms with Crippen molar-refractivity contribution in [2.75, 3.05) is 13.1 Å². The SMILES string of the molecule is CC1(C)C=C(NNC(=O)c2cccnc2)C=C([NH+]2CCCC2)C1. The molecule has 0 atom stereocenters. The predicted octanol–water partition coefficient (Wildman–Crippen LogP) is 1.19. The Labute approximate surface area is 137 Å². The quantitative estimate of drug-likeness (QED) is 0.732. The minimum absolute atomic E-state index is 0.0983. The lowest BCUT2D eigenvalue weighted by Gasteiger charge is -2.29. The van der Waals surface area contributed by atoms with Gasteiger partial charge in [-0.3, -0.25) is 20.6 Å². The maximum Gasteiger partial charge on any atom is 0.271 e. The van der Waals surface area contributed by atoms with E-state index >= 15 is 0 Å². The summed E-state index contributed by atoms with van der Waals surface area (Å²) in [6, 6.07) is 3.51. The highest BCUT2D eigenvalue weighted by molar-refractivity contribution is 5.93. The largest absolute Gasteiger partial charge is 0.306 e. The topological polar surface area (TPSA) is 58.5 Å². The Morgan fingerprint density at radius 2 is 2.09 bits per heavy atom. The van der Waals surface area contributed by atoms with Gasteiger partial charge in [0.15, 0.2) is 0 Å². The molecule has 0 unspecified atom stereocenters. The number of hydrogen-bond acceptors (Lipinski definition) is 3. The molecule has 5 nitrogen and oxygen atoms in total. The molecule has 0 bridgehead atoms. The monoisotopic (exact) mass is 313 g/mol. The molecule has 122 valence electrons. The standard InChI is InChI=1S/C18H24N4O/c1-18(2)11-15(10-16(12-18)22-8-3-4-9-22)20-21-17(23)14-6-5-7-19-13-14/h5-7,10-11,13,20H,3-4,8-9,12H2,1-2H3,(H,21,23)/p+1. The molecule has 1 aromatic heterocycles. The van der Waals surface area contributed by atoms with Crippen molar-refractivity contribution in [1.82, 2.24) is 15.8 Å². The van der Waals surface area contributed by atoms with Crippen LogP contribution in [0.2, 0.25) is 0 Å². The van der Waals surface area contributed by atoms with Gasteiger partial charge in [-0.05, 0) is 17.5 Å². The molecule has 3 N–H and O–H groups in total. The average molecular weight is 313 g/mol. The zero-order valence-electron chi connectivity index (χ0n) is 13.9. The summed E-state index contributed by atoms with van der Waals surface area (Å²) in [6.07, 6.45) is 11.3. The Morgan fingerprint density at radius 3 is 2.78 bits per heavy atom. The normalized spacial score (nSPS) is 20.6. The molecule has 0 saturated carbocycles. The van der Waals surface area contributed by atoms with Crippen LogP contribution in [0.4, 0.5) is 0 Å². The minimum Gasteiger partial charge on any atom is -0.306 e. The van der Waals surface area contributed by atoms with Gasteiger partial charge in [-0.2, -0.15) is 0 Å². The maximum absolute atomic E-state index is 12.1. The van der Waals surface area contributed by atoms with Gasteiger partial charge in [0.25, 0.3) is 5.91 Å². The van der Waals surface area contributed by atoms with E-state index < -0.39 is 0 Å². The van der Waals surface area contributed by atoms with E-state index in [9.17, 15) is 4.79 Å². The number of quaternary nitrogens is 1. The summed E-state index contributed by atoms with van der Waals surface area (Å²) in [4.78, 5) is 17.7. The molecule has 0 spiro atoms. The Morgan fingerprint density at radius 1 is 1.30 bits per heavy atom. The Hall–Kier alpha value is -2.14. The third-order valence-electron chi connectivity index (χ3n) is 4.43. The number of likely N-dealkylation sites (tertiary alicyclic amines) is 1. The number of amides is 1. The third kappa shape index (κ3) is 3.99. The van der Waals surface area contributed by atoms with E-state index in [-0.39, 0.29) is 11.3 Å². The van der Waals surface area contributed by atoms with Gasteiger partial charge in [0.2, 0.25) is 0 Å². The predicted molar refractivity (Wildman–Crippen MR) is 89.3 cm³/mol. The fourth-order valence-corrected chi connectivity index (χ4v) is 3.36. The van der Waals surface area contributed by atoms with Crippen LogP contribution in [0.1, 0.15) is 43.5 Å². The summed E-state index contributed by atoms with van der Waals surface area (Å²) < 4.78 is 0. The maximum atomic E-state index is 12.1. The number of nitrogens with one attached hydrogen (secondary N) is 3. The number of hydrazine groups is 1. The van der Waals surface area contributed by atoms with Crippen LogP contribution in [-0.2, 0) is 0 Å². The third-order valence-corrected chi connectivity index (χ3v) is 4.43. The van der Waals surface area contributed by atoms with E-state index in [1.54, 1.807) is 29.4 Å². The molecule has 1 amide bonds. The zero-order valence-corrected chi connectivity index (χ0v) is 13.9. The first kappa shape index (κ1) is 15.7. The lowest BCUT2D eigenvalue weighted by molar-refractivity contribution is -0.849. The summed E-state index contributed by atoms with van der Waals surface area (Å²) in [7, 11) is 0. The van der Waals surface area contributed by atoms with Crippen molar-refractivity contribution in [3.63, 3.8) is 0 Å². The molecule has 1 aliphatic carbocycles. The van der Waals surface area contributed by atoms with Crippen molar-refractivity contribution in [1.29, 1.82) is 0 Å². The Balaban J connectivity index is 1.68. The Bertz CT molecular complexity index is 628. The fourth-order valence-electron chi connectivity index (χ4n) is 3.36. The summed E-state index contributed by atoms with van der Waals surface area (Å²) in [5.74, 6) is -0.175. The fraction of sp³-hybridized carbons (Fsp3) is 0.444. The van der Waals surface area contributed by atoms with Crippen LogP contribution in [0.5, 0.6) is 0 Å². The second-order valence-electron chi connectivity index (χ2n) is 7.07. The van der Waals surface area contributed by atoms with Gasteiger partial charge in [0.05, 0.1) is 24.4 Å². The van der Waals surface area contributed by atoms with Crippen molar-refractivity contribution in [3.05, 3.63) is 53.6 Å². The summed E-state index contributed by atoms with van der Waals surface area (Å²) in [6.45, 7) is 6.91. The molecule has 1 aromatic rings. The first-order chi connectivity index (χ1) is 11.0. The number of aromatic nitrogens is 1. The van der Waals surface area contributed by atoms with E-state index in [2.05, 4.69) is 41.8 Å². The van der Waals surface area contributed by atoms with E-state index in [1.165, 1.54) is 31.6 Å². The van der Waals surface area contributed by atoms with Crippen LogP contribution in [-0.4, -0.2) is 24.0 Å². The van der Waals surface area contributed by atoms with Crippen LogP contribution >= 0.6 is 0 Å². The lowest BCUT2D eigenvalue weighted by atomic mass is 9.83. The molecule has 3 rings (SSSR count). The average Bonchev–Trinajstić information content (AvgIpc) is 3.06. The van der Waals surface area contributed by atoms with E-state index in [1.807, 2.05) is 0 Å². The van der Waals surface area contributed by atoms with Crippen LogP contribution in [0.15, 0.2) is 48.1 Å². The molecule has 0 aromatic carbocycles. The molecular formula is C18H25N4O+. The molecule has 2 aliphatic rings. The second-order valence-corrected chi connectivity index (χ2v) is 7.07. The summed E-state index contributed by atoms with van der Waals surface area (Å²) in [5, 5.41) is 0. The van der Waals surface area contributed by atoms with Crippen molar-refractivity contribution >= 4 is 5.91 Å². The molecule has 0 radical (unpaired) electrons. The van der Waals surface area contributed by atoms with Crippen LogP contribution in [0, 0.1) is 5.41 Å². The second kappa shape index (κ2) is 6.54. The van der Waals surface area contributed by atoms with Crippen LogP contribution in [0.3, 0.4) is 0 Å². The van der Waals surface area contributed by atoms with Gasteiger partial charge in [-0.1, -0.05) is 19.9 Å². The molecule has 5 heteroatoms. The minimum atomic E-state index is -0.175. The van der Waals surface area contributed by atoms with Gasteiger partial charge in [0.1, 0.15) is 5.70 Å². The van der Waals surface area contributed by atoms with Gasteiger partial charge in [-0.15, -0.1) is 0 Å². The number of rotatable bonds is 4. The number of nitrogens with zero attached hydrogens (tertiary/aromatic N) is 1. The number of allylic oxidation sites excluding steroid dienone is 3. The lowest BCUT2D eigenvalue weighted by Crippen LogP contribution is -3.08. The van der Waals surface area contributed by atoms with E-state index in [4.69, 9.17) is 0 Å². The van der Waals surface area contributed by atoms with Crippen molar-refractivity contribution in [2.45, 2.75) is 33.1 Å². The van der Waals surface area contributed by atoms with Crippen molar-refractivity contribution < 1.29 is 9.69 Å². The van der Waals surface area contributed by atoms with Crippen molar-refractivity contribution in [3.8, 4) is 0 Å². The van der Waals surface area contributed by atoms with E-state index in [0.717, 1.165) is 12.1 Å². The Kier molecular flexibility index (Phi) is 4.48. The number of carbonyl (C=O) groups is 1. The van der Waals surface area contributed by atoms with Crippen LogP contribution in [0.25, 0.3) is 0 Å². The molecule has 23 heavy (non-hydrogen) atoms. The zero-order chi connectivity index (χ0) is 16.3. The first-order valence-corrected chi connectivity index (χ1v) is 8.28. The number of pyridine rings is 1. The van der Waals surface area contributed by atoms with Gasteiger partial charge < -0.3 is 4.90 Å². The van der Waals surface area contributed by atoms with Crippen molar-refractivity contribution in [2.24, 2.45) is 5.41 Å². The van der Waals surface area contributed by atoms with Gasteiger partial charge in [0, 0.05) is 37.7 Å². The van der Waals surface area contributed by atoms with Gasteiger partial charge in [-0.25, -0.2) is 0 Å². The summed E-state index contributed by atoms with van der Waals surface area (Å²) >= 11 is 0. The van der Waals surface area contributed by atoms with E-state index in [0.29, 0.717) is 5.56 Å². The number of carbonyl (C=O) groups excluding carboxylic acids is 1. The highest BCUT2D eigenvalue weighted by Gasteiger charge is 2.30. The molecule has 1 aliphatic heterocycles. The van der Waals surface area contributed by atoms with Gasteiger partial charge >= 0.3 is 0 Å². The first-order valence-electron chi connectivity index (χ1n) is 8.28.